The van der Waals surface area contributed by atoms with Crippen molar-refractivity contribution in [3.8, 4) is 0 Å². The molecular formula is C20H26FN3O2S. The number of aliphatic imine (C=N–C) groups is 1. The number of halogens is 1. The number of nitrogens with one attached hydrogen (secondary N) is 2. The summed E-state index contributed by atoms with van der Waals surface area (Å²) in [5.74, 6) is 0.467. The van der Waals surface area contributed by atoms with Crippen LogP contribution in [0.5, 0.6) is 0 Å². The average Bonchev–Trinajstić information content (AvgIpc) is 2.66. The molecule has 2 aromatic rings. The van der Waals surface area contributed by atoms with E-state index < -0.39 is 9.84 Å². The SMILES string of the molecule is CN=C(NCCCS(=O)(=O)c1ccccc1)NCCc1ccc(F)cc1C. The van der Waals surface area contributed by atoms with Gasteiger partial charge in [0.15, 0.2) is 15.8 Å². The summed E-state index contributed by atoms with van der Waals surface area (Å²) in [6.45, 7) is 3.04. The van der Waals surface area contributed by atoms with E-state index in [1.54, 1.807) is 43.4 Å². The number of hydrogen-bond donors (Lipinski definition) is 2. The molecule has 0 spiro atoms. The van der Waals surface area contributed by atoms with E-state index in [4.69, 9.17) is 0 Å². The van der Waals surface area contributed by atoms with Gasteiger partial charge in [-0.05, 0) is 55.2 Å². The molecule has 0 aliphatic heterocycles. The van der Waals surface area contributed by atoms with Crippen LogP contribution in [0.1, 0.15) is 17.5 Å². The topological polar surface area (TPSA) is 70.6 Å². The summed E-state index contributed by atoms with van der Waals surface area (Å²) in [5.41, 5.74) is 2.00. The summed E-state index contributed by atoms with van der Waals surface area (Å²) in [4.78, 5) is 4.48. The fraction of sp³-hybridized carbons (Fsp3) is 0.350. The minimum absolute atomic E-state index is 0.0791. The summed E-state index contributed by atoms with van der Waals surface area (Å²) in [6, 6.07) is 13.2. The fourth-order valence-electron chi connectivity index (χ4n) is 2.69. The maximum absolute atomic E-state index is 13.1. The van der Waals surface area contributed by atoms with Crippen molar-refractivity contribution in [1.82, 2.24) is 10.6 Å². The number of sulfone groups is 1. The van der Waals surface area contributed by atoms with Gasteiger partial charge in [-0.1, -0.05) is 24.3 Å². The molecule has 0 heterocycles. The van der Waals surface area contributed by atoms with Crippen LogP contribution in [0, 0.1) is 12.7 Å². The van der Waals surface area contributed by atoms with E-state index in [1.165, 1.54) is 12.1 Å². The Hall–Kier alpha value is -2.41. The normalized spacial score (nSPS) is 12.0. The molecule has 146 valence electrons. The number of benzene rings is 2. The number of guanidine groups is 1. The molecule has 0 unspecified atom stereocenters. The van der Waals surface area contributed by atoms with Gasteiger partial charge in [-0.2, -0.15) is 0 Å². The van der Waals surface area contributed by atoms with Crippen molar-refractivity contribution in [2.75, 3.05) is 25.9 Å². The first-order valence-electron chi connectivity index (χ1n) is 8.90. The highest BCUT2D eigenvalue weighted by atomic mass is 32.2. The van der Waals surface area contributed by atoms with Crippen LogP contribution in [0.4, 0.5) is 4.39 Å². The van der Waals surface area contributed by atoms with Gasteiger partial charge in [-0.15, -0.1) is 0 Å². The van der Waals surface area contributed by atoms with Gasteiger partial charge in [-0.25, -0.2) is 12.8 Å². The zero-order valence-electron chi connectivity index (χ0n) is 15.7. The molecule has 0 bridgehead atoms. The third kappa shape index (κ3) is 6.67. The van der Waals surface area contributed by atoms with Crippen LogP contribution in [-0.2, 0) is 16.3 Å². The Balaban J connectivity index is 1.73. The highest BCUT2D eigenvalue weighted by molar-refractivity contribution is 7.91. The van der Waals surface area contributed by atoms with E-state index in [0.29, 0.717) is 30.4 Å². The van der Waals surface area contributed by atoms with Crippen molar-refractivity contribution in [1.29, 1.82) is 0 Å². The fourth-order valence-corrected chi connectivity index (χ4v) is 4.02. The Bertz CT molecular complexity index is 868. The van der Waals surface area contributed by atoms with Crippen LogP contribution in [-0.4, -0.2) is 40.3 Å². The van der Waals surface area contributed by atoms with Crippen LogP contribution in [0.2, 0.25) is 0 Å². The lowest BCUT2D eigenvalue weighted by atomic mass is 10.1. The van der Waals surface area contributed by atoms with Crippen LogP contribution >= 0.6 is 0 Å². The predicted octanol–water partition coefficient (Wildman–Crippen LogP) is 2.71. The molecule has 0 aliphatic carbocycles. The number of aryl methyl sites for hydroxylation is 1. The zero-order valence-corrected chi connectivity index (χ0v) is 16.5. The van der Waals surface area contributed by atoms with E-state index in [9.17, 15) is 12.8 Å². The Kier molecular flexibility index (Phi) is 7.79. The van der Waals surface area contributed by atoms with Crippen LogP contribution in [0.25, 0.3) is 0 Å². The molecule has 0 aliphatic rings. The summed E-state index contributed by atoms with van der Waals surface area (Å²) in [5, 5.41) is 6.30. The van der Waals surface area contributed by atoms with Gasteiger partial charge in [0, 0.05) is 20.1 Å². The maximum Gasteiger partial charge on any atom is 0.190 e. The molecule has 5 nitrogen and oxygen atoms in total. The first-order valence-corrected chi connectivity index (χ1v) is 10.5. The molecule has 7 heteroatoms. The van der Waals surface area contributed by atoms with Gasteiger partial charge < -0.3 is 10.6 Å². The molecule has 2 aromatic carbocycles. The second-order valence-electron chi connectivity index (χ2n) is 6.23. The lowest BCUT2D eigenvalue weighted by Gasteiger charge is -2.13. The molecule has 0 saturated heterocycles. The monoisotopic (exact) mass is 391 g/mol. The number of rotatable bonds is 8. The molecule has 2 N–H and O–H groups in total. The molecule has 0 radical (unpaired) electrons. The van der Waals surface area contributed by atoms with Crippen molar-refractivity contribution < 1.29 is 12.8 Å². The zero-order chi connectivity index (χ0) is 19.7. The Labute approximate surface area is 160 Å². The lowest BCUT2D eigenvalue weighted by molar-refractivity contribution is 0.592. The van der Waals surface area contributed by atoms with Gasteiger partial charge in [0.05, 0.1) is 10.6 Å². The number of hydrogen-bond acceptors (Lipinski definition) is 3. The van der Waals surface area contributed by atoms with E-state index in [0.717, 1.165) is 17.5 Å². The first-order chi connectivity index (χ1) is 12.9. The smallest absolute Gasteiger partial charge is 0.190 e. The van der Waals surface area contributed by atoms with Gasteiger partial charge in [0.1, 0.15) is 5.82 Å². The minimum atomic E-state index is -3.26. The van der Waals surface area contributed by atoms with Crippen molar-refractivity contribution in [2.24, 2.45) is 4.99 Å². The molecule has 0 fully saturated rings. The molecule has 0 aromatic heterocycles. The molecular weight excluding hydrogens is 365 g/mol. The molecule has 2 rings (SSSR count). The second-order valence-corrected chi connectivity index (χ2v) is 8.34. The highest BCUT2D eigenvalue weighted by Gasteiger charge is 2.13. The third-order valence-electron chi connectivity index (χ3n) is 4.20. The van der Waals surface area contributed by atoms with Crippen molar-refractivity contribution in [2.45, 2.75) is 24.7 Å². The van der Waals surface area contributed by atoms with E-state index in [2.05, 4.69) is 15.6 Å². The maximum atomic E-state index is 13.1. The van der Waals surface area contributed by atoms with Crippen LogP contribution in [0.3, 0.4) is 0 Å². The third-order valence-corrected chi connectivity index (χ3v) is 6.02. The molecule has 0 atom stereocenters. The number of nitrogens with zero attached hydrogens (tertiary/aromatic N) is 1. The minimum Gasteiger partial charge on any atom is -0.356 e. The van der Waals surface area contributed by atoms with Crippen LogP contribution < -0.4 is 10.6 Å². The van der Waals surface area contributed by atoms with Gasteiger partial charge >= 0.3 is 0 Å². The summed E-state index contributed by atoms with van der Waals surface area (Å²) in [6.07, 6.45) is 1.23. The van der Waals surface area contributed by atoms with Crippen LogP contribution in [0.15, 0.2) is 58.4 Å². The van der Waals surface area contributed by atoms with Crippen molar-refractivity contribution in [3.05, 3.63) is 65.5 Å². The van der Waals surface area contributed by atoms with E-state index >= 15 is 0 Å². The predicted molar refractivity (Wildman–Crippen MR) is 107 cm³/mol. The van der Waals surface area contributed by atoms with E-state index in [-0.39, 0.29) is 11.6 Å². The summed E-state index contributed by atoms with van der Waals surface area (Å²) in [7, 11) is -1.59. The molecule has 27 heavy (non-hydrogen) atoms. The summed E-state index contributed by atoms with van der Waals surface area (Å²) < 4.78 is 37.6. The van der Waals surface area contributed by atoms with Crippen molar-refractivity contribution in [3.63, 3.8) is 0 Å². The standard InChI is InChI=1S/C20H26FN3O2S/c1-16-15-18(21)10-9-17(16)11-13-24-20(22-2)23-12-6-14-27(25,26)19-7-4-3-5-8-19/h3-5,7-10,15H,6,11-14H2,1-2H3,(H2,22,23,24). The Morgan fingerprint density at radius 1 is 1.07 bits per heavy atom. The molecule has 0 amide bonds. The second kappa shape index (κ2) is 10.1. The quantitative estimate of drug-likeness (QED) is 0.412. The van der Waals surface area contributed by atoms with Gasteiger partial charge in [0.2, 0.25) is 0 Å². The van der Waals surface area contributed by atoms with Crippen molar-refractivity contribution >= 4 is 15.8 Å². The van der Waals surface area contributed by atoms with Gasteiger partial charge in [0.25, 0.3) is 0 Å². The van der Waals surface area contributed by atoms with E-state index in [1.807, 2.05) is 6.92 Å². The largest absolute Gasteiger partial charge is 0.356 e. The first kappa shape index (κ1) is 20.9. The Morgan fingerprint density at radius 3 is 2.44 bits per heavy atom. The van der Waals surface area contributed by atoms with Gasteiger partial charge in [-0.3, -0.25) is 4.99 Å². The summed E-state index contributed by atoms with van der Waals surface area (Å²) >= 11 is 0. The Morgan fingerprint density at radius 2 is 1.78 bits per heavy atom. The lowest BCUT2D eigenvalue weighted by Crippen LogP contribution is -2.39. The average molecular weight is 392 g/mol. The molecule has 0 saturated carbocycles. The highest BCUT2D eigenvalue weighted by Crippen LogP contribution is 2.11.